The number of rotatable bonds is 3. The molecule has 0 radical (unpaired) electrons. The topological polar surface area (TPSA) is 50.4 Å². The number of hydrogen-bond donors (Lipinski definition) is 2. The summed E-state index contributed by atoms with van der Waals surface area (Å²) in [4.78, 5) is 11.8. The van der Waals surface area contributed by atoms with Crippen molar-refractivity contribution in [2.24, 2.45) is 5.92 Å². The van der Waals surface area contributed by atoms with Gasteiger partial charge < -0.3 is 15.4 Å². The molecule has 0 aromatic carbocycles. The van der Waals surface area contributed by atoms with E-state index in [-0.39, 0.29) is 24.0 Å². The lowest BCUT2D eigenvalue weighted by Crippen LogP contribution is -2.45. The fourth-order valence-corrected chi connectivity index (χ4v) is 2.18. The molecule has 0 aromatic rings. The average Bonchev–Trinajstić information content (AvgIpc) is 2.87. The van der Waals surface area contributed by atoms with E-state index >= 15 is 0 Å². The number of amides is 1. The second kappa shape index (κ2) is 4.77. The van der Waals surface area contributed by atoms with Gasteiger partial charge in [0.1, 0.15) is 0 Å². The molecule has 0 spiro atoms. The molecule has 0 bridgehead atoms. The van der Waals surface area contributed by atoms with Crippen LogP contribution in [-0.4, -0.2) is 38.3 Å². The molecular formula is C11H18N2O2. The maximum absolute atomic E-state index is 11.8. The molecule has 4 heteroatoms. The molecule has 15 heavy (non-hydrogen) atoms. The van der Waals surface area contributed by atoms with E-state index in [1.807, 2.05) is 0 Å². The summed E-state index contributed by atoms with van der Waals surface area (Å²) in [6, 6.07) is 0.128. The predicted octanol–water partition coefficient (Wildman–Crippen LogP) is 0.0556. The molecule has 84 valence electrons. The lowest BCUT2D eigenvalue weighted by atomic mass is 10.1. The van der Waals surface area contributed by atoms with Crippen LogP contribution in [0, 0.1) is 5.92 Å². The lowest BCUT2D eigenvalue weighted by Gasteiger charge is -2.20. The summed E-state index contributed by atoms with van der Waals surface area (Å²) in [6.45, 7) is 1.63. The number of carbonyl (C=O) groups is 1. The zero-order valence-corrected chi connectivity index (χ0v) is 9.03. The van der Waals surface area contributed by atoms with Gasteiger partial charge >= 0.3 is 0 Å². The third-order valence-corrected chi connectivity index (χ3v) is 3.17. The Labute approximate surface area is 90.1 Å². The monoisotopic (exact) mass is 210 g/mol. The van der Waals surface area contributed by atoms with Crippen LogP contribution >= 0.6 is 0 Å². The van der Waals surface area contributed by atoms with Gasteiger partial charge in [0.05, 0.1) is 12.1 Å². The van der Waals surface area contributed by atoms with Gasteiger partial charge in [-0.05, 0) is 12.8 Å². The van der Waals surface area contributed by atoms with Gasteiger partial charge in [-0.2, -0.15) is 0 Å². The zero-order valence-electron chi connectivity index (χ0n) is 9.03. The molecule has 0 aromatic heterocycles. The van der Waals surface area contributed by atoms with Crippen molar-refractivity contribution in [3.8, 4) is 0 Å². The lowest BCUT2D eigenvalue weighted by molar-refractivity contribution is -0.126. The highest BCUT2D eigenvalue weighted by molar-refractivity contribution is 5.79. The summed E-state index contributed by atoms with van der Waals surface area (Å²) >= 11 is 0. The predicted molar refractivity (Wildman–Crippen MR) is 57.5 cm³/mol. The van der Waals surface area contributed by atoms with Crippen LogP contribution in [0.2, 0.25) is 0 Å². The van der Waals surface area contributed by atoms with Crippen LogP contribution in [0.25, 0.3) is 0 Å². The molecule has 0 saturated carbocycles. The first kappa shape index (κ1) is 10.6. The summed E-state index contributed by atoms with van der Waals surface area (Å²) in [7, 11) is 1.69. The summed E-state index contributed by atoms with van der Waals surface area (Å²) < 4.78 is 5.29. The first-order chi connectivity index (χ1) is 7.31. The quantitative estimate of drug-likeness (QED) is 0.647. The molecule has 1 amide bonds. The highest BCUT2D eigenvalue weighted by atomic mass is 16.5. The van der Waals surface area contributed by atoms with E-state index in [1.165, 1.54) is 0 Å². The smallest absolute Gasteiger partial charge is 0.224 e. The van der Waals surface area contributed by atoms with Gasteiger partial charge in [-0.15, -0.1) is 0 Å². The second-order valence-corrected chi connectivity index (χ2v) is 4.19. The van der Waals surface area contributed by atoms with E-state index in [0.29, 0.717) is 0 Å². The van der Waals surface area contributed by atoms with E-state index in [1.54, 1.807) is 7.11 Å². The van der Waals surface area contributed by atoms with Crippen LogP contribution in [0.5, 0.6) is 0 Å². The molecule has 2 N–H and O–H groups in total. The largest absolute Gasteiger partial charge is 0.378 e. The molecule has 1 aliphatic carbocycles. The van der Waals surface area contributed by atoms with Crippen LogP contribution < -0.4 is 10.6 Å². The number of hydrogen-bond acceptors (Lipinski definition) is 3. The molecule has 2 atom stereocenters. The first-order valence-corrected chi connectivity index (χ1v) is 5.50. The van der Waals surface area contributed by atoms with Gasteiger partial charge in [0.25, 0.3) is 0 Å². The van der Waals surface area contributed by atoms with E-state index in [9.17, 15) is 4.79 Å². The molecule has 1 fully saturated rings. The molecule has 2 aliphatic rings. The molecule has 1 saturated heterocycles. The number of ether oxygens (including phenoxy) is 1. The van der Waals surface area contributed by atoms with Crippen molar-refractivity contribution >= 4 is 5.91 Å². The summed E-state index contributed by atoms with van der Waals surface area (Å²) in [5, 5.41) is 6.27. The Kier molecular flexibility index (Phi) is 3.38. The maximum atomic E-state index is 11.8. The van der Waals surface area contributed by atoms with Crippen LogP contribution in [0.4, 0.5) is 0 Å². The molecule has 2 rings (SSSR count). The van der Waals surface area contributed by atoms with E-state index in [0.717, 1.165) is 25.9 Å². The number of carbonyl (C=O) groups excluding carboxylic acids is 1. The third-order valence-electron chi connectivity index (χ3n) is 3.17. The number of allylic oxidation sites excluding steroid dienone is 2. The van der Waals surface area contributed by atoms with Crippen molar-refractivity contribution in [3.05, 3.63) is 12.2 Å². The Morgan fingerprint density at radius 2 is 2.13 bits per heavy atom. The van der Waals surface area contributed by atoms with Gasteiger partial charge in [0, 0.05) is 26.1 Å². The minimum Gasteiger partial charge on any atom is -0.378 e. The summed E-state index contributed by atoms with van der Waals surface area (Å²) in [5.74, 6) is 0.304. The summed E-state index contributed by atoms with van der Waals surface area (Å²) in [6.07, 6.45) is 6.02. The highest BCUT2D eigenvalue weighted by Gasteiger charge is 2.30. The van der Waals surface area contributed by atoms with Gasteiger partial charge in [-0.3, -0.25) is 4.79 Å². The van der Waals surface area contributed by atoms with Crippen LogP contribution in [0.3, 0.4) is 0 Å². The van der Waals surface area contributed by atoms with Crippen LogP contribution in [0.15, 0.2) is 12.2 Å². The highest BCUT2D eigenvalue weighted by Crippen LogP contribution is 2.18. The molecule has 4 nitrogen and oxygen atoms in total. The standard InChI is InChI=1S/C11H18N2O2/c1-15-10-7-12-6-9(10)13-11(14)8-4-2-3-5-8/h2-3,8-10,12H,4-7H2,1H3,(H,13,14). The van der Waals surface area contributed by atoms with Crippen molar-refractivity contribution in [2.45, 2.75) is 25.0 Å². The van der Waals surface area contributed by atoms with Gasteiger partial charge in [-0.1, -0.05) is 12.2 Å². The minimum absolute atomic E-state index is 0.114. The maximum Gasteiger partial charge on any atom is 0.224 e. The Balaban J connectivity index is 1.82. The van der Waals surface area contributed by atoms with Crippen molar-refractivity contribution in [2.75, 3.05) is 20.2 Å². The SMILES string of the molecule is COC1CNCC1NC(=O)C1CC=CC1. The fraction of sp³-hybridized carbons (Fsp3) is 0.727. The average molecular weight is 210 g/mol. The van der Waals surface area contributed by atoms with E-state index in [4.69, 9.17) is 4.74 Å². The Morgan fingerprint density at radius 3 is 2.80 bits per heavy atom. The molecule has 2 unspecified atom stereocenters. The molecular weight excluding hydrogens is 192 g/mol. The van der Waals surface area contributed by atoms with Gasteiger partial charge in [-0.25, -0.2) is 0 Å². The van der Waals surface area contributed by atoms with Crippen LogP contribution in [-0.2, 0) is 9.53 Å². The molecule has 1 heterocycles. The van der Waals surface area contributed by atoms with Gasteiger partial charge in [0.15, 0.2) is 0 Å². The Bertz CT molecular complexity index is 257. The van der Waals surface area contributed by atoms with Crippen molar-refractivity contribution < 1.29 is 9.53 Å². The summed E-state index contributed by atoms with van der Waals surface area (Å²) in [5.41, 5.74) is 0. The van der Waals surface area contributed by atoms with E-state index < -0.39 is 0 Å². The first-order valence-electron chi connectivity index (χ1n) is 5.50. The van der Waals surface area contributed by atoms with Crippen molar-refractivity contribution in [1.82, 2.24) is 10.6 Å². The van der Waals surface area contributed by atoms with Gasteiger partial charge in [0.2, 0.25) is 5.91 Å². The normalized spacial score (nSPS) is 31.0. The fourth-order valence-electron chi connectivity index (χ4n) is 2.18. The zero-order chi connectivity index (χ0) is 10.7. The van der Waals surface area contributed by atoms with E-state index in [2.05, 4.69) is 22.8 Å². The molecule has 1 aliphatic heterocycles. The van der Waals surface area contributed by atoms with Crippen molar-refractivity contribution in [1.29, 1.82) is 0 Å². The van der Waals surface area contributed by atoms with Crippen molar-refractivity contribution in [3.63, 3.8) is 0 Å². The minimum atomic E-state index is 0.114. The number of nitrogens with one attached hydrogen (secondary N) is 2. The Hall–Kier alpha value is -0.870. The Morgan fingerprint density at radius 1 is 1.40 bits per heavy atom. The second-order valence-electron chi connectivity index (χ2n) is 4.19. The van der Waals surface area contributed by atoms with Crippen LogP contribution in [0.1, 0.15) is 12.8 Å². The number of methoxy groups -OCH3 is 1. The third kappa shape index (κ3) is 2.38.